The fourth-order valence-corrected chi connectivity index (χ4v) is 8.66. The van der Waals surface area contributed by atoms with Crippen molar-refractivity contribution in [3.8, 4) is 5.75 Å². The van der Waals surface area contributed by atoms with Gasteiger partial charge in [-0.2, -0.15) is 24.9 Å². The number of alkyl halides is 3. The molecule has 8 atom stereocenters. The second-order valence-electron chi connectivity index (χ2n) is 18.4. The van der Waals surface area contributed by atoms with Crippen LogP contribution in [0.15, 0.2) is 24.3 Å². The Morgan fingerprint density at radius 3 is 1.99 bits per heavy atom. The molecule has 2 heterocycles. The number of thioether (sulfide) groups is 1. The van der Waals surface area contributed by atoms with E-state index in [0.29, 0.717) is 24.2 Å². The van der Waals surface area contributed by atoms with Crippen LogP contribution in [0.4, 0.5) is 13.2 Å². The van der Waals surface area contributed by atoms with Gasteiger partial charge in [-0.1, -0.05) is 46.2 Å². The first-order valence-electron chi connectivity index (χ1n) is 24.3. The molecule has 11 amide bonds. The molecule has 1 aromatic rings. The van der Waals surface area contributed by atoms with E-state index in [1.807, 2.05) is 13.8 Å². The zero-order valence-electron chi connectivity index (χ0n) is 42.9. The van der Waals surface area contributed by atoms with Crippen molar-refractivity contribution in [2.45, 2.75) is 140 Å². The molecule has 0 radical (unpaired) electrons. The third-order valence-electron chi connectivity index (χ3n) is 11.8. The van der Waals surface area contributed by atoms with Gasteiger partial charge in [-0.3, -0.25) is 52.7 Å². The van der Waals surface area contributed by atoms with Gasteiger partial charge in [0.2, 0.25) is 65.0 Å². The zero-order valence-corrected chi connectivity index (χ0v) is 43.7. The van der Waals surface area contributed by atoms with Crippen molar-refractivity contribution in [3.05, 3.63) is 29.8 Å². The number of aliphatic carboxylic acids is 1. The first-order chi connectivity index (χ1) is 35.6. The Morgan fingerprint density at radius 2 is 1.43 bits per heavy atom. The fraction of sp³-hybridized carbons (Fsp3) is 0.617. The number of carboxylic acids is 1. The molecule has 76 heavy (non-hydrogen) atoms. The number of hydrogen-bond donors (Lipinski definition) is 11. The molecule has 1 unspecified atom stereocenters. The van der Waals surface area contributed by atoms with Crippen molar-refractivity contribution in [3.63, 3.8) is 0 Å². The van der Waals surface area contributed by atoms with Gasteiger partial charge in [-0.15, -0.1) is 0 Å². The van der Waals surface area contributed by atoms with Crippen LogP contribution in [0.25, 0.3) is 0 Å². The third kappa shape index (κ3) is 22.7. The van der Waals surface area contributed by atoms with Gasteiger partial charge in [-0.25, -0.2) is 4.79 Å². The normalized spacial score (nSPS) is 22.1. The number of methoxy groups -OCH3 is 1. The summed E-state index contributed by atoms with van der Waals surface area (Å²) < 4.78 is 37.0. The van der Waals surface area contributed by atoms with Crippen LogP contribution in [-0.4, -0.2) is 161 Å². The number of nitrogens with zero attached hydrogens (tertiary/aromatic N) is 1. The predicted octanol–water partition coefficient (Wildman–Crippen LogP) is -1.87. The van der Waals surface area contributed by atoms with E-state index in [1.165, 1.54) is 23.8 Å². The highest BCUT2D eigenvalue weighted by Crippen LogP contribution is 2.22. The van der Waals surface area contributed by atoms with Crippen molar-refractivity contribution >= 4 is 82.7 Å². The summed E-state index contributed by atoms with van der Waals surface area (Å²) in [5.41, 5.74) is 16.8. The summed E-state index contributed by atoms with van der Waals surface area (Å²) in [6, 6.07) is -2.40. The largest absolute Gasteiger partial charge is 0.497 e. The summed E-state index contributed by atoms with van der Waals surface area (Å²) in [6.45, 7) is 6.75. The molecule has 0 aliphatic carbocycles. The maximum Gasteiger partial charge on any atom is 0.490 e. The number of carbonyl (C=O) groups excluding carboxylic acids is 11. The molecule has 3 rings (SSSR count). The Morgan fingerprint density at radius 1 is 0.829 bits per heavy atom. The molecule has 2 fully saturated rings. The molecule has 25 nitrogen and oxygen atoms in total. The van der Waals surface area contributed by atoms with E-state index < -0.39 is 145 Å². The van der Waals surface area contributed by atoms with Crippen molar-refractivity contribution in [2.75, 3.05) is 31.7 Å². The summed E-state index contributed by atoms with van der Waals surface area (Å²) in [4.78, 5) is 157. The number of benzene rings is 1. The number of amides is 11. The molecule has 29 heteroatoms. The van der Waals surface area contributed by atoms with Crippen molar-refractivity contribution in [1.29, 1.82) is 0 Å². The summed E-state index contributed by atoms with van der Waals surface area (Å²) in [6.07, 6.45) is -5.26. The lowest BCUT2D eigenvalue weighted by atomic mass is 9.96. The van der Waals surface area contributed by atoms with E-state index in [1.54, 1.807) is 38.1 Å². The van der Waals surface area contributed by atoms with Crippen LogP contribution in [0.3, 0.4) is 0 Å². The Kier molecular flexibility index (Phi) is 27.0. The van der Waals surface area contributed by atoms with E-state index in [0.717, 1.165) is 0 Å². The lowest BCUT2D eigenvalue weighted by Gasteiger charge is -2.31. The van der Waals surface area contributed by atoms with E-state index >= 15 is 0 Å². The van der Waals surface area contributed by atoms with Crippen LogP contribution in [0.2, 0.25) is 0 Å². The standard InChI is InChI=1S/C45H69N11O12S.C2HF3O2/c1-6-25(4)38-44(66)51-28(15-16-34(46)57)40(62)52-31(21-35(47)58)41(63)54-32(23-69-18-8-10-37(60)50-30(42(64)55-38)20-26-11-13-27(68-5)14-12-26)45(67)56-17-7-9-33(56)43(65)53-29(19-24(2)3)39(61)49-22-36(48)59;3-2(4,5)1(6)7/h11-14,24-25,28-33,38H,6-10,15-23H2,1-5H3,(H2,46,57)(H2,47,58)(H2,48,59)(H,49,61)(H,50,60)(H,51,66)(H,52,62)(H,53,65)(H,54,63)(H,55,64);(H,6,7)/t25-,28-,29?,30-,31-,32-,33-,38-;/m0./s1. The van der Waals surface area contributed by atoms with Gasteiger partial charge in [0.15, 0.2) is 0 Å². The molecule has 0 spiro atoms. The number of carboxylic acid groups (broad SMARTS) is 1. The Balaban J connectivity index is 0.00000263. The van der Waals surface area contributed by atoms with Gasteiger partial charge in [0.25, 0.3) is 0 Å². The highest BCUT2D eigenvalue weighted by atomic mass is 32.2. The van der Waals surface area contributed by atoms with E-state index in [-0.39, 0.29) is 62.5 Å². The topological polar surface area (TPSA) is 400 Å². The Labute approximate surface area is 440 Å². The first-order valence-corrected chi connectivity index (χ1v) is 25.5. The highest BCUT2D eigenvalue weighted by molar-refractivity contribution is 7.99. The molecule has 1 aromatic carbocycles. The third-order valence-corrected chi connectivity index (χ3v) is 13.0. The van der Waals surface area contributed by atoms with Gasteiger partial charge in [-0.05, 0) is 67.4 Å². The van der Waals surface area contributed by atoms with Gasteiger partial charge >= 0.3 is 12.1 Å². The van der Waals surface area contributed by atoms with Gasteiger partial charge < -0.3 is 69.2 Å². The average Bonchev–Trinajstić information content (AvgIpc) is 3.84. The minimum absolute atomic E-state index is 0.0237. The van der Waals surface area contributed by atoms with Crippen LogP contribution < -0.4 is 59.2 Å². The molecule has 0 bridgehead atoms. The molecule has 14 N–H and O–H groups in total. The molecular formula is C47H70F3N11O14S. The smallest absolute Gasteiger partial charge is 0.490 e. The number of rotatable bonds is 18. The quantitative estimate of drug-likeness (QED) is 0.0768. The number of hydrogen-bond acceptors (Lipinski definition) is 14. The Hall–Kier alpha value is -7.20. The second-order valence-corrected chi connectivity index (χ2v) is 19.6. The van der Waals surface area contributed by atoms with Crippen LogP contribution >= 0.6 is 11.8 Å². The number of likely N-dealkylation sites (tertiary alicyclic amines) is 1. The number of carbonyl (C=O) groups is 12. The van der Waals surface area contributed by atoms with Gasteiger partial charge in [0.1, 0.15) is 48.0 Å². The number of nitrogens with two attached hydrogens (primary N) is 3. The van der Waals surface area contributed by atoms with E-state index in [4.69, 9.17) is 31.8 Å². The first kappa shape index (κ1) is 64.9. The van der Waals surface area contributed by atoms with E-state index in [2.05, 4.69) is 37.2 Å². The molecule has 2 aliphatic rings. The molecular weight excluding hydrogens is 1030 g/mol. The molecule has 2 aliphatic heterocycles. The van der Waals surface area contributed by atoms with Crippen LogP contribution in [0.5, 0.6) is 5.75 Å². The van der Waals surface area contributed by atoms with Crippen LogP contribution in [0, 0.1) is 11.8 Å². The molecule has 2 saturated heterocycles. The van der Waals surface area contributed by atoms with Crippen LogP contribution in [0.1, 0.15) is 91.0 Å². The maximum absolute atomic E-state index is 14.5. The summed E-state index contributed by atoms with van der Waals surface area (Å²) in [5, 5.41) is 25.3. The summed E-state index contributed by atoms with van der Waals surface area (Å²) in [7, 11) is 1.50. The lowest BCUT2D eigenvalue weighted by Crippen LogP contribution is -2.61. The number of halogens is 3. The van der Waals surface area contributed by atoms with Crippen molar-refractivity contribution < 1.29 is 80.5 Å². The lowest BCUT2D eigenvalue weighted by molar-refractivity contribution is -0.192. The summed E-state index contributed by atoms with van der Waals surface area (Å²) >= 11 is 1.18. The Bertz CT molecular complexity index is 2240. The van der Waals surface area contributed by atoms with Crippen molar-refractivity contribution in [2.24, 2.45) is 29.0 Å². The van der Waals surface area contributed by atoms with Gasteiger partial charge in [0, 0.05) is 31.6 Å². The maximum atomic E-state index is 14.5. The van der Waals surface area contributed by atoms with E-state index in [9.17, 15) is 65.9 Å². The van der Waals surface area contributed by atoms with Crippen LogP contribution in [-0.2, 0) is 64.0 Å². The SMILES string of the molecule is CC[C@H](C)[C@@H]1NC(=O)[C@H](Cc2ccc(OC)cc2)NC(=O)CCCSC[C@@H](C(=O)N2CCC[C@H]2C(=O)NC(CC(C)C)C(=O)NCC(N)=O)NC(=O)[C@H](CC(N)=O)NC(=O)[C@H](CCC(N)=O)NC1=O.O=C(O)C(F)(F)F. The molecule has 424 valence electrons. The second kappa shape index (κ2) is 31.6. The monoisotopic (exact) mass is 1100 g/mol. The molecule has 0 aromatic heterocycles. The summed E-state index contributed by atoms with van der Waals surface area (Å²) in [5.74, 6) is -11.4. The van der Waals surface area contributed by atoms with Crippen molar-refractivity contribution in [1.82, 2.24) is 42.1 Å². The highest BCUT2D eigenvalue weighted by Gasteiger charge is 2.41. The predicted molar refractivity (Wildman–Crippen MR) is 267 cm³/mol. The minimum Gasteiger partial charge on any atom is -0.497 e. The number of primary amides is 3. The molecule has 0 saturated carbocycles. The number of nitrogens with one attached hydrogen (secondary N) is 7. The zero-order chi connectivity index (χ0) is 57.4. The fourth-order valence-electron chi connectivity index (χ4n) is 7.68. The minimum atomic E-state index is -5.08. The average molecular weight is 1100 g/mol. The number of ether oxygens (including phenoxy) is 1. The van der Waals surface area contributed by atoms with Gasteiger partial charge in [0.05, 0.1) is 20.1 Å².